The Balaban J connectivity index is 1.95. The van der Waals surface area contributed by atoms with E-state index in [0.29, 0.717) is 10.7 Å². The number of benzene rings is 1. The van der Waals surface area contributed by atoms with Crippen molar-refractivity contribution in [3.05, 3.63) is 33.8 Å². The third-order valence-electron chi connectivity index (χ3n) is 3.52. The average Bonchev–Trinajstić information content (AvgIpc) is 2.72. The van der Waals surface area contributed by atoms with E-state index in [0.717, 1.165) is 22.1 Å². The second-order valence-electron chi connectivity index (χ2n) is 4.88. The fourth-order valence-electron chi connectivity index (χ4n) is 2.42. The lowest BCUT2D eigenvalue weighted by Gasteiger charge is -2.15. The van der Waals surface area contributed by atoms with E-state index in [1.54, 1.807) is 0 Å². The summed E-state index contributed by atoms with van der Waals surface area (Å²) in [6.07, 6.45) is 3.68. The molecule has 0 radical (unpaired) electrons. The minimum atomic E-state index is 0.0339. The first-order chi connectivity index (χ1) is 8.58. The molecule has 2 rings (SSSR count). The van der Waals surface area contributed by atoms with Gasteiger partial charge < -0.3 is 5.32 Å². The van der Waals surface area contributed by atoms with E-state index in [4.69, 9.17) is 0 Å². The molecule has 1 N–H and O–H groups in total. The van der Waals surface area contributed by atoms with Crippen LogP contribution >= 0.6 is 31.9 Å². The van der Waals surface area contributed by atoms with Gasteiger partial charge in [-0.25, -0.2) is 0 Å². The average molecular weight is 375 g/mol. The zero-order valence-corrected chi connectivity index (χ0v) is 13.6. The van der Waals surface area contributed by atoms with Crippen LogP contribution in [0.15, 0.2) is 22.7 Å². The Labute approximate surface area is 125 Å². The van der Waals surface area contributed by atoms with Gasteiger partial charge >= 0.3 is 0 Å². The predicted molar refractivity (Wildman–Crippen MR) is 81.3 cm³/mol. The molecule has 1 aliphatic rings. The summed E-state index contributed by atoms with van der Waals surface area (Å²) in [5.74, 6) is 0.608. The fraction of sp³-hybridized carbons (Fsp3) is 0.500. The number of hydrogen-bond donors (Lipinski definition) is 1. The van der Waals surface area contributed by atoms with Crippen LogP contribution in [-0.4, -0.2) is 17.3 Å². The lowest BCUT2D eigenvalue weighted by molar-refractivity contribution is 0.0947. The molecule has 2 unspecified atom stereocenters. The number of halogens is 2. The molecule has 0 aromatic heterocycles. The molecule has 98 valence electrons. The lowest BCUT2D eigenvalue weighted by atomic mass is 10.1. The zero-order chi connectivity index (χ0) is 13.1. The van der Waals surface area contributed by atoms with Gasteiger partial charge in [0, 0.05) is 21.4 Å². The molecule has 1 amide bonds. The molecule has 1 aliphatic carbocycles. The van der Waals surface area contributed by atoms with Crippen molar-refractivity contribution in [1.82, 2.24) is 5.32 Å². The first kappa shape index (κ1) is 14.1. The number of amides is 1. The summed E-state index contributed by atoms with van der Waals surface area (Å²) in [4.78, 5) is 12.7. The van der Waals surface area contributed by atoms with Gasteiger partial charge in [0.15, 0.2) is 0 Å². The van der Waals surface area contributed by atoms with E-state index < -0.39 is 0 Å². The maximum atomic E-state index is 12.1. The molecule has 0 bridgehead atoms. The SMILES string of the molecule is Cc1cc(Br)ccc1C(=O)NCC1CCCC1Br. The van der Waals surface area contributed by atoms with Crippen LogP contribution in [0.4, 0.5) is 0 Å². The van der Waals surface area contributed by atoms with E-state index in [-0.39, 0.29) is 5.91 Å². The molecule has 0 saturated heterocycles. The first-order valence-corrected chi connectivity index (χ1v) is 7.97. The quantitative estimate of drug-likeness (QED) is 0.794. The zero-order valence-electron chi connectivity index (χ0n) is 10.4. The maximum absolute atomic E-state index is 12.1. The highest BCUT2D eigenvalue weighted by atomic mass is 79.9. The summed E-state index contributed by atoms with van der Waals surface area (Å²) in [7, 11) is 0. The van der Waals surface area contributed by atoms with Crippen molar-refractivity contribution in [1.29, 1.82) is 0 Å². The minimum absolute atomic E-state index is 0.0339. The smallest absolute Gasteiger partial charge is 0.251 e. The second-order valence-corrected chi connectivity index (χ2v) is 6.97. The highest BCUT2D eigenvalue weighted by molar-refractivity contribution is 9.10. The molecule has 2 atom stereocenters. The van der Waals surface area contributed by atoms with Crippen LogP contribution in [0.1, 0.15) is 35.2 Å². The van der Waals surface area contributed by atoms with E-state index in [9.17, 15) is 4.79 Å². The van der Waals surface area contributed by atoms with Crippen molar-refractivity contribution >= 4 is 37.8 Å². The van der Waals surface area contributed by atoms with Crippen molar-refractivity contribution in [3.63, 3.8) is 0 Å². The Morgan fingerprint density at radius 2 is 2.22 bits per heavy atom. The van der Waals surface area contributed by atoms with Gasteiger partial charge in [0.1, 0.15) is 0 Å². The summed E-state index contributed by atoms with van der Waals surface area (Å²) in [5.41, 5.74) is 1.77. The van der Waals surface area contributed by atoms with E-state index in [1.807, 2.05) is 25.1 Å². The van der Waals surface area contributed by atoms with Crippen LogP contribution in [0.3, 0.4) is 0 Å². The highest BCUT2D eigenvalue weighted by Crippen LogP contribution is 2.30. The van der Waals surface area contributed by atoms with Crippen molar-refractivity contribution in [2.75, 3.05) is 6.54 Å². The lowest BCUT2D eigenvalue weighted by Crippen LogP contribution is -2.31. The molecule has 4 heteroatoms. The van der Waals surface area contributed by atoms with E-state index in [2.05, 4.69) is 37.2 Å². The number of carbonyl (C=O) groups is 1. The molecule has 1 saturated carbocycles. The number of carbonyl (C=O) groups excluding carboxylic acids is 1. The minimum Gasteiger partial charge on any atom is -0.352 e. The number of rotatable bonds is 3. The van der Waals surface area contributed by atoms with Crippen LogP contribution in [0, 0.1) is 12.8 Å². The van der Waals surface area contributed by atoms with E-state index >= 15 is 0 Å². The Morgan fingerprint density at radius 1 is 1.44 bits per heavy atom. The van der Waals surface area contributed by atoms with Crippen molar-refractivity contribution in [2.24, 2.45) is 5.92 Å². The Kier molecular flexibility index (Phi) is 4.84. The maximum Gasteiger partial charge on any atom is 0.251 e. The van der Waals surface area contributed by atoms with Gasteiger partial charge in [0.05, 0.1) is 0 Å². The van der Waals surface area contributed by atoms with Gasteiger partial charge in [-0.2, -0.15) is 0 Å². The summed E-state index contributed by atoms with van der Waals surface area (Å²) < 4.78 is 1.01. The monoisotopic (exact) mass is 373 g/mol. The molecular formula is C14H17Br2NO. The highest BCUT2D eigenvalue weighted by Gasteiger charge is 2.25. The van der Waals surface area contributed by atoms with Gasteiger partial charge in [-0.05, 0) is 49.4 Å². The standard InChI is InChI=1S/C14H17Br2NO/c1-9-7-11(15)5-6-12(9)14(18)17-8-10-3-2-4-13(10)16/h5-7,10,13H,2-4,8H2,1H3,(H,17,18). The Hall–Kier alpha value is -0.350. The molecule has 0 spiro atoms. The van der Waals surface area contributed by atoms with Crippen LogP contribution < -0.4 is 5.32 Å². The number of hydrogen-bond acceptors (Lipinski definition) is 1. The van der Waals surface area contributed by atoms with Crippen molar-refractivity contribution < 1.29 is 4.79 Å². The number of alkyl halides is 1. The van der Waals surface area contributed by atoms with Crippen LogP contribution in [0.25, 0.3) is 0 Å². The Morgan fingerprint density at radius 3 is 2.83 bits per heavy atom. The summed E-state index contributed by atoms with van der Waals surface area (Å²) in [5, 5.41) is 3.05. The van der Waals surface area contributed by atoms with Crippen molar-refractivity contribution in [3.8, 4) is 0 Å². The number of aryl methyl sites for hydroxylation is 1. The first-order valence-electron chi connectivity index (χ1n) is 6.26. The second kappa shape index (κ2) is 6.20. The van der Waals surface area contributed by atoms with Gasteiger partial charge in [0.2, 0.25) is 0 Å². The molecule has 1 aromatic rings. The normalized spacial score (nSPS) is 23.1. The molecule has 0 heterocycles. The molecular weight excluding hydrogens is 358 g/mol. The summed E-state index contributed by atoms with van der Waals surface area (Å²) in [6, 6.07) is 5.75. The van der Waals surface area contributed by atoms with E-state index in [1.165, 1.54) is 19.3 Å². The molecule has 1 fully saturated rings. The fourth-order valence-corrected chi connectivity index (χ4v) is 3.67. The summed E-state index contributed by atoms with van der Waals surface area (Å²) in [6.45, 7) is 2.73. The molecule has 18 heavy (non-hydrogen) atoms. The third-order valence-corrected chi connectivity index (χ3v) is 5.22. The molecule has 0 aliphatic heterocycles. The topological polar surface area (TPSA) is 29.1 Å². The third kappa shape index (κ3) is 3.35. The largest absolute Gasteiger partial charge is 0.352 e. The van der Waals surface area contributed by atoms with Gasteiger partial charge in [0.25, 0.3) is 5.91 Å². The van der Waals surface area contributed by atoms with Crippen LogP contribution in [-0.2, 0) is 0 Å². The van der Waals surface area contributed by atoms with Crippen molar-refractivity contribution in [2.45, 2.75) is 31.0 Å². The predicted octanol–water partition coefficient (Wildman–Crippen LogP) is 4.05. The van der Waals surface area contributed by atoms with Crippen LogP contribution in [0.2, 0.25) is 0 Å². The van der Waals surface area contributed by atoms with Gasteiger partial charge in [-0.3, -0.25) is 4.79 Å². The molecule has 2 nitrogen and oxygen atoms in total. The van der Waals surface area contributed by atoms with Crippen LogP contribution in [0.5, 0.6) is 0 Å². The van der Waals surface area contributed by atoms with Gasteiger partial charge in [-0.15, -0.1) is 0 Å². The number of nitrogens with one attached hydrogen (secondary N) is 1. The Bertz CT molecular complexity index is 447. The van der Waals surface area contributed by atoms with Gasteiger partial charge in [-0.1, -0.05) is 38.3 Å². The summed E-state index contributed by atoms with van der Waals surface area (Å²) >= 11 is 7.09. The molecule has 1 aromatic carbocycles.